The van der Waals surface area contributed by atoms with Crippen molar-refractivity contribution in [1.29, 1.82) is 5.26 Å². The molecule has 0 aliphatic carbocycles. The zero-order chi connectivity index (χ0) is 15.5. The van der Waals surface area contributed by atoms with Crippen LogP contribution < -0.4 is 5.73 Å². The van der Waals surface area contributed by atoms with Crippen LogP contribution in [0.1, 0.15) is 17.4 Å². The number of hydrogen-bond acceptors (Lipinski definition) is 5. The Hall–Kier alpha value is -1.88. The standard InChI is InChI=1S/C14H15N3O2S2/c1-2-17(10-11-4-3-5-12(16)8-11)21(18,19)14-7-6-13(9-15)20-14/h3-8H,2,10,16H2,1H3. The third-order valence-corrected chi connectivity index (χ3v) is 6.33. The zero-order valence-corrected chi connectivity index (χ0v) is 13.1. The number of nitrogen functional groups attached to an aromatic ring is 1. The lowest BCUT2D eigenvalue weighted by atomic mass is 10.2. The molecule has 0 saturated carbocycles. The van der Waals surface area contributed by atoms with Crippen LogP contribution in [0.25, 0.3) is 0 Å². The van der Waals surface area contributed by atoms with Gasteiger partial charge in [-0.1, -0.05) is 19.1 Å². The summed E-state index contributed by atoms with van der Waals surface area (Å²) in [6.07, 6.45) is 0. The highest BCUT2D eigenvalue weighted by Crippen LogP contribution is 2.25. The van der Waals surface area contributed by atoms with Gasteiger partial charge in [0.15, 0.2) is 0 Å². The van der Waals surface area contributed by atoms with Gasteiger partial charge in [0, 0.05) is 18.8 Å². The molecule has 0 radical (unpaired) electrons. The molecule has 21 heavy (non-hydrogen) atoms. The van der Waals surface area contributed by atoms with E-state index in [-0.39, 0.29) is 10.8 Å². The van der Waals surface area contributed by atoms with Gasteiger partial charge in [0.2, 0.25) is 0 Å². The summed E-state index contributed by atoms with van der Waals surface area (Å²) in [6.45, 7) is 2.38. The fourth-order valence-corrected chi connectivity index (χ4v) is 4.60. The first-order chi connectivity index (χ1) is 9.97. The predicted molar refractivity (Wildman–Crippen MR) is 83.2 cm³/mol. The monoisotopic (exact) mass is 321 g/mol. The van der Waals surface area contributed by atoms with Crippen LogP contribution in [0.2, 0.25) is 0 Å². The zero-order valence-electron chi connectivity index (χ0n) is 11.5. The van der Waals surface area contributed by atoms with Gasteiger partial charge in [0.25, 0.3) is 10.0 Å². The smallest absolute Gasteiger partial charge is 0.252 e. The molecule has 0 atom stereocenters. The second kappa shape index (κ2) is 6.26. The number of nitrogens with two attached hydrogens (primary N) is 1. The van der Waals surface area contributed by atoms with Gasteiger partial charge in [0.05, 0.1) is 0 Å². The molecule has 0 saturated heterocycles. The number of hydrogen-bond donors (Lipinski definition) is 1. The normalized spacial score (nSPS) is 11.5. The molecule has 2 N–H and O–H groups in total. The van der Waals surface area contributed by atoms with Crippen LogP contribution in [0.5, 0.6) is 0 Å². The molecule has 1 aromatic heterocycles. The van der Waals surface area contributed by atoms with Gasteiger partial charge in [0.1, 0.15) is 15.2 Å². The van der Waals surface area contributed by atoms with Crippen molar-refractivity contribution in [3.63, 3.8) is 0 Å². The average molecular weight is 321 g/mol. The fraction of sp³-hybridized carbons (Fsp3) is 0.214. The van der Waals surface area contributed by atoms with Crippen LogP contribution in [0.3, 0.4) is 0 Å². The SMILES string of the molecule is CCN(Cc1cccc(N)c1)S(=O)(=O)c1ccc(C#N)s1. The minimum atomic E-state index is -3.59. The molecule has 0 fully saturated rings. The maximum Gasteiger partial charge on any atom is 0.252 e. The Morgan fingerprint density at radius 2 is 2.10 bits per heavy atom. The molecular weight excluding hydrogens is 306 g/mol. The highest BCUT2D eigenvalue weighted by molar-refractivity contribution is 7.91. The van der Waals surface area contributed by atoms with E-state index in [1.165, 1.54) is 16.4 Å². The van der Waals surface area contributed by atoms with Crippen molar-refractivity contribution in [1.82, 2.24) is 4.31 Å². The molecule has 0 amide bonds. The van der Waals surface area contributed by atoms with Crippen LogP contribution in [-0.4, -0.2) is 19.3 Å². The van der Waals surface area contributed by atoms with Gasteiger partial charge >= 0.3 is 0 Å². The van der Waals surface area contributed by atoms with Gasteiger partial charge in [-0.3, -0.25) is 0 Å². The fourth-order valence-electron chi connectivity index (χ4n) is 1.91. The Morgan fingerprint density at radius 3 is 2.67 bits per heavy atom. The first-order valence-corrected chi connectivity index (χ1v) is 8.57. The van der Waals surface area contributed by atoms with Gasteiger partial charge in [-0.05, 0) is 29.8 Å². The quantitative estimate of drug-likeness (QED) is 0.857. The third-order valence-electron chi connectivity index (χ3n) is 2.95. The summed E-state index contributed by atoms with van der Waals surface area (Å²) in [5.74, 6) is 0. The summed E-state index contributed by atoms with van der Waals surface area (Å²) in [6, 6.07) is 12.1. The number of nitrogens with zero attached hydrogens (tertiary/aromatic N) is 2. The van der Waals surface area contributed by atoms with Gasteiger partial charge in [-0.25, -0.2) is 8.42 Å². The second-order valence-electron chi connectivity index (χ2n) is 4.41. The van der Waals surface area contributed by atoms with Crippen LogP contribution >= 0.6 is 11.3 Å². The lowest BCUT2D eigenvalue weighted by molar-refractivity contribution is 0.425. The van der Waals surface area contributed by atoms with Crippen molar-refractivity contribution >= 4 is 27.0 Å². The number of sulfonamides is 1. The van der Waals surface area contributed by atoms with E-state index in [9.17, 15) is 8.42 Å². The summed E-state index contributed by atoms with van der Waals surface area (Å²) in [7, 11) is -3.59. The summed E-state index contributed by atoms with van der Waals surface area (Å²) in [4.78, 5) is 0.383. The highest BCUT2D eigenvalue weighted by atomic mass is 32.2. The van der Waals surface area contributed by atoms with Crippen molar-refractivity contribution in [2.75, 3.05) is 12.3 Å². The van der Waals surface area contributed by atoms with E-state index in [1.807, 2.05) is 12.1 Å². The van der Waals surface area contributed by atoms with Gasteiger partial charge < -0.3 is 5.73 Å². The minimum absolute atomic E-state index is 0.185. The number of nitriles is 1. The Bertz CT molecular complexity index is 776. The summed E-state index contributed by atoms with van der Waals surface area (Å²) in [5.41, 5.74) is 7.15. The molecule has 2 aromatic rings. The molecule has 5 nitrogen and oxygen atoms in total. The van der Waals surface area contributed by atoms with Gasteiger partial charge in [-0.2, -0.15) is 9.57 Å². The molecule has 0 unspecified atom stereocenters. The topological polar surface area (TPSA) is 87.2 Å². The number of rotatable bonds is 5. The molecule has 0 bridgehead atoms. The second-order valence-corrected chi connectivity index (χ2v) is 7.66. The molecule has 0 spiro atoms. The van der Waals surface area contributed by atoms with Crippen molar-refractivity contribution in [3.05, 3.63) is 46.8 Å². The lowest BCUT2D eigenvalue weighted by Crippen LogP contribution is -2.29. The number of anilines is 1. The maximum absolute atomic E-state index is 12.6. The average Bonchev–Trinajstić information content (AvgIpc) is 2.94. The van der Waals surface area contributed by atoms with E-state index < -0.39 is 10.0 Å². The molecule has 1 aromatic carbocycles. The molecule has 1 heterocycles. The predicted octanol–water partition coefficient (Wildman–Crippen LogP) is 2.41. The Balaban J connectivity index is 2.30. The van der Waals surface area contributed by atoms with Crippen molar-refractivity contribution in [2.45, 2.75) is 17.7 Å². The van der Waals surface area contributed by atoms with Crippen molar-refractivity contribution in [2.24, 2.45) is 0 Å². The summed E-state index contributed by atoms with van der Waals surface area (Å²) in [5, 5.41) is 8.82. The Labute approximate surface area is 128 Å². The Kier molecular flexibility index (Phi) is 4.63. The van der Waals surface area contributed by atoms with E-state index in [4.69, 9.17) is 11.0 Å². The van der Waals surface area contributed by atoms with Crippen molar-refractivity contribution < 1.29 is 8.42 Å². The first-order valence-electron chi connectivity index (χ1n) is 6.32. The van der Waals surface area contributed by atoms with E-state index >= 15 is 0 Å². The van der Waals surface area contributed by atoms with Crippen LogP contribution in [-0.2, 0) is 16.6 Å². The van der Waals surface area contributed by atoms with Crippen LogP contribution in [0, 0.1) is 11.3 Å². The summed E-state index contributed by atoms with van der Waals surface area (Å²) >= 11 is 0.982. The highest BCUT2D eigenvalue weighted by Gasteiger charge is 2.25. The van der Waals surface area contributed by atoms with Crippen molar-refractivity contribution in [3.8, 4) is 6.07 Å². The lowest BCUT2D eigenvalue weighted by Gasteiger charge is -2.19. The molecule has 2 rings (SSSR count). The van der Waals surface area contributed by atoms with E-state index in [0.717, 1.165) is 16.9 Å². The largest absolute Gasteiger partial charge is 0.399 e. The molecule has 110 valence electrons. The molecule has 7 heteroatoms. The maximum atomic E-state index is 12.6. The third kappa shape index (κ3) is 3.42. The van der Waals surface area contributed by atoms with Crippen LogP contribution in [0.4, 0.5) is 5.69 Å². The molecular formula is C14H15N3O2S2. The van der Waals surface area contributed by atoms with Gasteiger partial charge in [-0.15, -0.1) is 11.3 Å². The molecule has 0 aliphatic heterocycles. The molecule has 0 aliphatic rings. The summed E-state index contributed by atoms with van der Waals surface area (Å²) < 4.78 is 26.7. The Morgan fingerprint density at radius 1 is 1.33 bits per heavy atom. The van der Waals surface area contributed by atoms with E-state index in [1.54, 1.807) is 25.1 Å². The van der Waals surface area contributed by atoms with Crippen LogP contribution in [0.15, 0.2) is 40.6 Å². The van der Waals surface area contributed by atoms with E-state index in [0.29, 0.717) is 17.1 Å². The minimum Gasteiger partial charge on any atom is -0.399 e. The van der Waals surface area contributed by atoms with E-state index in [2.05, 4.69) is 0 Å². The first kappa shape index (κ1) is 15.5. The number of thiophene rings is 1. The number of benzene rings is 1.